The molecule has 1 aromatic carbocycles. The summed E-state index contributed by atoms with van der Waals surface area (Å²) in [5.41, 5.74) is 4.56. The van der Waals surface area contributed by atoms with E-state index < -0.39 is 41.7 Å². The molecule has 1 aliphatic carbocycles. The first-order valence-corrected chi connectivity index (χ1v) is 10.1. The van der Waals surface area contributed by atoms with E-state index in [-0.39, 0.29) is 24.8 Å². The van der Waals surface area contributed by atoms with Gasteiger partial charge in [-0.15, -0.1) is 0 Å². The summed E-state index contributed by atoms with van der Waals surface area (Å²) in [6, 6.07) is 4.57. The largest absolute Gasteiger partial charge is 0.370 e. The number of benzene rings is 1. The Bertz CT molecular complexity index is 847. The molecule has 8 nitrogen and oxygen atoms in total. The van der Waals surface area contributed by atoms with Crippen LogP contribution in [0.5, 0.6) is 0 Å². The molecule has 1 saturated carbocycles. The molecule has 3 rings (SSSR count). The first-order chi connectivity index (χ1) is 14.2. The number of amides is 5. The number of rotatable bonds is 6. The molecular weight excluding hydrogens is 391 g/mol. The summed E-state index contributed by atoms with van der Waals surface area (Å²) in [7, 11) is 0. The Morgan fingerprint density at radius 2 is 1.80 bits per heavy atom. The molecule has 2 unspecified atom stereocenters. The van der Waals surface area contributed by atoms with Gasteiger partial charge in [-0.05, 0) is 48.9 Å². The average Bonchev–Trinajstić information content (AvgIpc) is 2.93. The summed E-state index contributed by atoms with van der Waals surface area (Å²) < 4.78 is 13.3. The highest BCUT2D eigenvalue weighted by atomic mass is 19.1. The van der Waals surface area contributed by atoms with Crippen molar-refractivity contribution in [2.75, 3.05) is 18.0 Å². The van der Waals surface area contributed by atoms with Crippen LogP contribution in [0, 0.1) is 17.7 Å². The smallest absolute Gasteiger partial charge is 0.325 e. The van der Waals surface area contributed by atoms with Crippen LogP contribution in [0.4, 0.5) is 14.9 Å². The van der Waals surface area contributed by atoms with E-state index in [4.69, 9.17) is 5.73 Å². The number of hydrogen-bond acceptors (Lipinski definition) is 4. The van der Waals surface area contributed by atoms with Crippen LogP contribution < -0.4 is 16.0 Å². The molecule has 2 atom stereocenters. The average molecular weight is 418 g/mol. The third kappa shape index (κ3) is 3.88. The molecule has 2 aliphatic rings. The van der Waals surface area contributed by atoms with Gasteiger partial charge in [0.1, 0.15) is 17.9 Å². The summed E-state index contributed by atoms with van der Waals surface area (Å²) in [6.07, 6.45) is 2.51. The fourth-order valence-electron chi connectivity index (χ4n) is 4.56. The zero-order valence-electron chi connectivity index (χ0n) is 17.2. The van der Waals surface area contributed by atoms with Gasteiger partial charge in [-0.25, -0.2) is 9.18 Å². The molecule has 5 amide bonds. The van der Waals surface area contributed by atoms with E-state index in [1.54, 1.807) is 0 Å². The van der Waals surface area contributed by atoms with E-state index in [1.165, 1.54) is 29.2 Å². The summed E-state index contributed by atoms with van der Waals surface area (Å²) in [6.45, 7) is 3.37. The predicted octanol–water partition coefficient (Wildman–Crippen LogP) is 1.78. The van der Waals surface area contributed by atoms with Crippen molar-refractivity contribution in [3.63, 3.8) is 0 Å². The molecule has 1 aliphatic heterocycles. The first kappa shape index (κ1) is 21.7. The van der Waals surface area contributed by atoms with E-state index in [2.05, 4.69) is 5.32 Å². The van der Waals surface area contributed by atoms with Crippen LogP contribution in [-0.4, -0.2) is 47.3 Å². The van der Waals surface area contributed by atoms with E-state index in [1.807, 2.05) is 13.8 Å². The lowest BCUT2D eigenvalue weighted by Gasteiger charge is -2.42. The van der Waals surface area contributed by atoms with E-state index >= 15 is 0 Å². The molecule has 3 N–H and O–H groups in total. The third-order valence-corrected chi connectivity index (χ3v) is 6.30. The van der Waals surface area contributed by atoms with Gasteiger partial charge in [0.2, 0.25) is 11.8 Å². The van der Waals surface area contributed by atoms with Gasteiger partial charge in [0, 0.05) is 18.7 Å². The van der Waals surface area contributed by atoms with Gasteiger partial charge in [0.15, 0.2) is 0 Å². The molecule has 0 bridgehead atoms. The number of anilines is 1. The molecule has 2 fully saturated rings. The maximum atomic E-state index is 13.3. The summed E-state index contributed by atoms with van der Waals surface area (Å²) in [4.78, 5) is 52.4. The van der Waals surface area contributed by atoms with E-state index in [9.17, 15) is 23.6 Å². The number of primary amides is 1. The quantitative estimate of drug-likeness (QED) is 0.686. The Labute approximate surface area is 174 Å². The second-order valence-electron chi connectivity index (χ2n) is 8.16. The molecule has 1 spiro atoms. The Kier molecular flexibility index (Phi) is 6.09. The summed E-state index contributed by atoms with van der Waals surface area (Å²) in [5, 5.41) is 2.85. The zero-order chi connectivity index (χ0) is 22.1. The topological polar surface area (TPSA) is 113 Å². The summed E-state index contributed by atoms with van der Waals surface area (Å²) >= 11 is 0. The maximum Gasteiger partial charge on any atom is 0.325 e. The fraction of sp³-hybridized carbons (Fsp3) is 0.524. The van der Waals surface area contributed by atoms with Crippen molar-refractivity contribution in [1.29, 1.82) is 0 Å². The number of hydrogen-bond donors (Lipinski definition) is 2. The number of halogens is 1. The standard InChI is InChI=1S/C21H27FN4O4/c1-13-4-3-5-14(2)21(13)19(29)26(20(30)24-21)12-18(28)25(11-10-17(23)27)16-8-6-15(22)7-9-16/h6-9,13-14H,3-5,10-12H2,1-2H3,(H2,23,27)(H,24,30). The van der Waals surface area contributed by atoms with Crippen molar-refractivity contribution >= 4 is 29.4 Å². The number of nitrogens with one attached hydrogen (secondary N) is 1. The maximum absolute atomic E-state index is 13.3. The number of carbonyl (C=O) groups excluding carboxylic acids is 4. The van der Waals surface area contributed by atoms with Crippen LogP contribution in [0.1, 0.15) is 39.5 Å². The van der Waals surface area contributed by atoms with Gasteiger partial charge < -0.3 is 16.0 Å². The monoisotopic (exact) mass is 418 g/mol. The lowest BCUT2D eigenvalue weighted by atomic mass is 9.67. The number of nitrogens with two attached hydrogens (primary N) is 1. The molecule has 162 valence electrons. The minimum atomic E-state index is -0.996. The molecule has 1 aromatic rings. The Balaban J connectivity index is 1.82. The Morgan fingerprint density at radius 1 is 1.20 bits per heavy atom. The fourth-order valence-corrected chi connectivity index (χ4v) is 4.56. The van der Waals surface area contributed by atoms with Crippen LogP contribution in [0.2, 0.25) is 0 Å². The second kappa shape index (κ2) is 8.41. The highest BCUT2D eigenvalue weighted by Gasteiger charge is 2.58. The zero-order valence-corrected chi connectivity index (χ0v) is 17.2. The van der Waals surface area contributed by atoms with Crippen molar-refractivity contribution < 1.29 is 23.6 Å². The molecule has 9 heteroatoms. The first-order valence-electron chi connectivity index (χ1n) is 10.1. The molecule has 1 saturated heterocycles. The number of imide groups is 1. The number of urea groups is 1. The van der Waals surface area contributed by atoms with Crippen molar-refractivity contribution in [1.82, 2.24) is 10.2 Å². The van der Waals surface area contributed by atoms with Crippen LogP contribution in [0.25, 0.3) is 0 Å². The number of nitrogens with zero attached hydrogens (tertiary/aromatic N) is 2. The van der Waals surface area contributed by atoms with Gasteiger partial charge in [-0.1, -0.05) is 20.3 Å². The lowest BCUT2D eigenvalue weighted by molar-refractivity contribution is -0.138. The molecule has 1 heterocycles. The molecular formula is C21H27FN4O4. The SMILES string of the molecule is CC1CCCC(C)C12NC(=O)N(CC(=O)N(CCC(N)=O)c1ccc(F)cc1)C2=O. The lowest BCUT2D eigenvalue weighted by Crippen LogP contribution is -2.59. The Hall–Kier alpha value is -2.97. The highest BCUT2D eigenvalue weighted by molar-refractivity contribution is 6.10. The van der Waals surface area contributed by atoms with E-state index in [0.717, 1.165) is 24.2 Å². The predicted molar refractivity (Wildman–Crippen MR) is 108 cm³/mol. The Morgan fingerprint density at radius 3 is 2.37 bits per heavy atom. The van der Waals surface area contributed by atoms with Crippen LogP contribution in [0.3, 0.4) is 0 Å². The minimum Gasteiger partial charge on any atom is -0.370 e. The third-order valence-electron chi connectivity index (χ3n) is 6.30. The molecule has 0 radical (unpaired) electrons. The van der Waals surface area contributed by atoms with Gasteiger partial charge in [-0.2, -0.15) is 0 Å². The van der Waals surface area contributed by atoms with E-state index in [0.29, 0.717) is 5.69 Å². The van der Waals surface area contributed by atoms with Crippen LogP contribution in [-0.2, 0) is 14.4 Å². The molecule has 30 heavy (non-hydrogen) atoms. The normalized spacial score (nSPS) is 26.0. The van der Waals surface area contributed by atoms with Crippen molar-refractivity contribution in [3.8, 4) is 0 Å². The van der Waals surface area contributed by atoms with Crippen LogP contribution >= 0.6 is 0 Å². The molecule has 0 aromatic heterocycles. The summed E-state index contributed by atoms with van der Waals surface area (Å²) in [5.74, 6) is -2.11. The van der Waals surface area contributed by atoms with Crippen LogP contribution in [0.15, 0.2) is 24.3 Å². The van der Waals surface area contributed by atoms with Crippen molar-refractivity contribution in [2.24, 2.45) is 17.6 Å². The second-order valence-corrected chi connectivity index (χ2v) is 8.16. The van der Waals surface area contributed by atoms with Gasteiger partial charge in [0.25, 0.3) is 5.91 Å². The van der Waals surface area contributed by atoms with Gasteiger partial charge >= 0.3 is 6.03 Å². The van der Waals surface area contributed by atoms with Crippen molar-refractivity contribution in [3.05, 3.63) is 30.1 Å². The highest BCUT2D eigenvalue weighted by Crippen LogP contribution is 2.42. The van der Waals surface area contributed by atoms with Gasteiger partial charge in [-0.3, -0.25) is 19.3 Å². The number of carbonyl (C=O) groups is 4. The minimum absolute atomic E-state index is 0.0403. The van der Waals surface area contributed by atoms with Gasteiger partial charge in [0.05, 0.1) is 0 Å². The van der Waals surface area contributed by atoms with Crippen molar-refractivity contribution in [2.45, 2.75) is 45.1 Å².